The van der Waals surface area contributed by atoms with E-state index >= 15 is 0 Å². The molecule has 2 rings (SSSR count). The second-order valence-electron chi connectivity index (χ2n) is 5.26. The molecule has 1 N–H and O–H groups in total. The lowest BCUT2D eigenvalue weighted by Gasteiger charge is -2.17. The molecular formula is C17H21N3O2. The van der Waals surface area contributed by atoms with Crippen LogP contribution in [0.5, 0.6) is 5.75 Å². The lowest BCUT2D eigenvalue weighted by Crippen LogP contribution is -2.25. The van der Waals surface area contributed by atoms with Crippen LogP contribution in [0.1, 0.15) is 29.7 Å². The number of hydrogen-bond donors (Lipinski definition) is 1. The summed E-state index contributed by atoms with van der Waals surface area (Å²) in [5.74, 6) is 0.620. The average molecular weight is 299 g/mol. The van der Waals surface area contributed by atoms with Crippen LogP contribution in [0, 0.1) is 6.92 Å². The lowest BCUT2D eigenvalue weighted by atomic mass is 10.0. The summed E-state index contributed by atoms with van der Waals surface area (Å²) < 4.78 is 7.05. The normalized spacial score (nSPS) is 12.4. The number of methoxy groups -OCH3 is 1. The molecule has 1 amide bonds. The molecule has 0 saturated carbocycles. The Morgan fingerprint density at radius 1 is 1.45 bits per heavy atom. The van der Waals surface area contributed by atoms with Gasteiger partial charge in [0.05, 0.1) is 19.3 Å². The fraction of sp³-hybridized carbons (Fsp3) is 0.294. The maximum Gasteiger partial charge on any atom is 0.244 e. The molecule has 22 heavy (non-hydrogen) atoms. The number of benzene rings is 1. The Labute approximate surface area is 130 Å². The van der Waals surface area contributed by atoms with Gasteiger partial charge in [0.25, 0.3) is 0 Å². The first kappa shape index (κ1) is 15.8. The van der Waals surface area contributed by atoms with E-state index in [2.05, 4.69) is 10.4 Å². The fourth-order valence-electron chi connectivity index (χ4n) is 2.23. The highest BCUT2D eigenvalue weighted by atomic mass is 16.5. The van der Waals surface area contributed by atoms with Crippen molar-refractivity contribution < 1.29 is 9.53 Å². The maximum atomic E-state index is 12.0. The quantitative estimate of drug-likeness (QED) is 0.864. The van der Waals surface area contributed by atoms with Crippen LogP contribution in [0.25, 0.3) is 6.08 Å². The first-order chi connectivity index (χ1) is 10.5. The largest absolute Gasteiger partial charge is 0.496 e. The van der Waals surface area contributed by atoms with Crippen LogP contribution in [0.15, 0.2) is 36.7 Å². The molecule has 0 spiro atoms. The second-order valence-corrected chi connectivity index (χ2v) is 5.26. The molecule has 1 atom stereocenters. The third-order valence-electron chi connectivity index (χ3n) is 3.36. The zero-order valence-electron chi connectivity index (χ0n) is 13.3. The molecule has 0 radical (unpaired) electrons. The van der Waals surface area contributed by atoms with Crippen molar-refractivity contribution in [3.05, 3.63) is 53.4 Å². The minimum atomic E-state index is -0.153. The summed E-state index contributed by atoms with van der Waals surface area (Å²) in [6, 6.07) is 5.79. The van der Waals surface area contributed by atoms with E-state index in [4.69, 9.17) is 4.74 Å². The molecule has 0 unspecified atom stereocenters. The third kappa shape index (κ3) is 3.97. The molecule has 0 fully saturated rings. The number of aromatic nitrogens is 2. The topological polar surface area (TPSA) is 56.1 Å². The Morgan fingerprint density at radius 3 is 2.86 bits per heavy atom. The molecule has 1 heterocycles. The average Bonchev–Trinajstić information content (AvgIpc) is 2.90. The Morgan fingerprint density at radius 2 is 2.23 bits per heavy atom. The predicted octanol–water partition coefficient (Wildman–Crippen LogP) is 2.63. The summed E-state index contributed by atoms with van der Waals surface area (Å²) in [4.78, 5) is 12.0. The van der Waals surface area contributed by atoms with E-state index in [1.54, 1.807) is 24.1 Å². The molecular weight excluding hydrogens is 278 g/mol. The van der Waals surface area contributed by atoms with E-state index < -0.39 is 0 Å². The molecule has 5 nitrogen and oxygen atoms in total. The molecule has 0 saturated heterocycles. The highest BCUT2D eigenvalue weighted by Gasteiger charge is 2.13. The summed E-state index contributed by atoms with van der Waals surface area (Å²) in [6.07, 6.45) is 6.80. The highest BCUT2D eigenvalue weighted by Crippen LogP contribution is 2.25. The number of nitrogens with zero attached hydrogens (tertiary/aromatic N) is 2. The standard InChI is InChI=1S/C17H21N3O2/c1-12-5-7-16(22-4)15(9-12)13(2)19-17(21)8-6-14-10-18-20(3)11-14/h5-11,13H,1-4H3,(H,19,21)/b8-6+/t13-/m0/s1. The smallest absolute Gasteiger partial charge is 0.244 e. The van der Waals surface area contributed by atoms with Gasteiger partial charge in [-0.05, 0) is 26.0 Å². The molecule has 2 aromatic rings. The summed E-state index contributed by atoms with van der Waals surface area (Å²) in [5, 5.41) is 6.99. The second kappa shape index (κ2) is 6.93. The molecule has 116 valence electrons. The van der Waals surface area contributed by atoms with Crippen molar-refractivity contribution in [2.24, 2.45) is 7.05 Å². The van der Waals surface area contributed by atoms with Crippen molar-refractivity contribution in [1.29, 1.82) is 0 Å². The van der Waals surface area contributed by atoms with Gasteiger partial charge in [-0.15, -0.1) is 0 Å². The van der Waals surface area contributed by atoms with Crippen LogP contribution in [-0.4, -0.2) is 22.8 Å². The first-order valence-corrected chi connectivity index (χ1v) is 7.11. The van der Waals surface area contributed by atoms with E-state index in [9.17, 15) is 4.79 Å². The monoisotopic (exact) mass is 299 g/mol. The highest BCUT2D eigenvalue weighted by molar-refractivity contribution is 5.91. The zero-order valence-corrected chi connectivity index (χ0v) is 13.3. The van der Waals surface area contributed by atoms with Gasteiger partial charge in [0.2, 0.25) is 5.91 Å². The van der Waals surface area contributed by atoms with E-state index in [1.807, 2.05) is 45.3 Å². The summed E-state index contributed by atoms with van der Waals surface area (Å²) >= 11 is 0. The maximum absolute atomic E-state index is 12.0. The number of rotatable bonds is 5. The van der Waals surface area contributed by atoms with E-state index in [0.29, 0.717) is 0 Å². The van der Waals surface area contributed by atoms with Gasteiger partial charge in [-0.2, -0.15) is 5.10 Å². The van der Waals surface area contributed by atoms with E-state index in [0.717, 1.165) is 22.4 Å². The van der Waals surface area contributed by atoms with Crippen LogP contribution in [0.4, 0.5) is 0 Å². The fourth-order valence-corrected chi connectivity index (χ4v) is 2.23. The van der Waals surface area contributed by atoms with E-state index in [-0.39, 0.29) is 11.9 Å². The minimum Gasteiger partial charge on any atom is -0.496 e. The van der Waals surface area contributed by atoms with Crippen molar-refractivity contribution in [2.45, 2.75) is 19.9 Å². The Balaban J connectivity index is 2.05. The van der Waals surface area contributed by atoms with Crippen LogP contribution in [-0.2, 0) is 11.8 Å². The number of carbonyl (C=O) groups excluding carboxylic acids is 1. The summed E-state index contributed by atoms with van der Waals surface area (Å²) in [5.41, 5.74) is 2.98. The van der Waals surface area contributed by atoms with Gasteiger partial charge in [-0.3, -0.25) is 9.48 Å². The van der Waals surface area contributed by atoms with Gasteiger partial charge in [0.1, 0.15) is 5.75 Å². The van der Waals surface area contributed by atoms with Crippen molar-refractivity contribution in [3.63, 3.8) is 0 Å². The molecule has 1 aromatic heterocycles. The zero-order chi connectivity index (χ0) is 16.1. The minimum absolute atomic E-state index is 0.138. The molecule has 0 aliphatic carbocycles. The number of hydrogen-bond acceptors (Lipinski definition) is 3. The van der Waals surface area contributed by atoms with Crippen LogP contribution < -0.4 is 10.1 Å². The first-order valence-electron chi connectivity index (χ1n) is 7.11. The number of nitrogens with one attached hydrogen (secondary N) is 1. The predicted molar refractivity (Wildman–Crippen MR) is 86.5 cm³/mol. The van der Waals surface area contributed by atoms with Crippen LogP contribution in [0.3, 0.4) is 0 Å². The van der Waals surface area contributed by atoms with Gasteiger partial charge in [-0.25, -0.2) is 0 Å². The molecule has 0 aliphatic rings. The van der Waals surface area contributed by atoms with E-state index in [1.165, 1.54) is 6.08 Å². The van der Waals surface area contributed by atoms with Gasteiger partial charge >= 0.3 is 0 Å². The van der Waals surface area contributed by atoms with Gasteiger partial charge in [-0.1, -0.05) is 17.7 Å². The van der Waals surface area contributed by atoms with Crippen molar-refractivity contribution in [1.82, 2.24) is 15.1 Å². The van der Waals surface area contributed by atoms with Crippen LogP contribution in [0.2, 0.25) is 0 Å². The van der Waals surface area contributed by atoms with Gasteiger partial charge in [0.15, 0.2) is 0 Å². The number of amides is 1. The molecule has 0 aliphatic heterocycles. The van der Waals surface area contributed by atoms with Crippen molar-refractivity contribution in [2.75, 3.05) is 7.11 Å². The Hall–Kier alpha value is -2.56. The SMILES string of the molecule is COc1ccc(C)cc1[C@H](C)NC(=O)/C=C/c1cnn(C)c1. The summed E-state index contributed by atoms with van der Waals surface area (Å²) in [7, 11) is 3.47. The van der Waals surface area contributed by atoms with Crippen LogP contribution >= 0.6 is 0 Å². The molecule has 0 bridgehead atoms. The number of ether oxygens (including phenoxy) is 1. The van der Waals surface area contributed by atoms with Crippen molar-refractivity contribution >= 4 is 12.0 Å². The Kier molecular flexibility index (Phi) is 4.99. The number of aryl methyl sites for hydroxylation is 2. The Bertz CT molecular complexity index is 689. The molecule has 1 aromatic carbocycles. The van der Waals surface area contributed by atoms with Crippen molar-refractivity contribution in [3.8, 4) is 5.75 Å². The molecule has 5 heteroatoms. The number of carbonyl (C=O) groups is 1. The third-order valence-corrected chi connectivity index (χ3v) is 3.36. The van der Waals surface area contributed by atoms with Gasteiger partial charge < -0.3 is 10.1 Å². The summed E-state index contributed by atoms with van der Waals surface area (Å²) in [6.45, 7) is 3.95. The van der Waals surface area contributed by atoms with Gasteiger partial charge in [0, 0.05) is 30.4 Å². The lowest BCUT2D eigenvalue weighted by molar-refractivity contribution is -0.117.